The van der Waals surface area contributed by atoms with Crippen molar-refractivity contribution in [2.45, 2.75) is 13.8 Å². The molecule has 3 rings (SSSR count). The second kappa shape index (κ2) is 4.93. The van der Waals surface area contributed by atoms with Gasteiger partial charge in [-0.25, -0.2) is 9.07 Å². The zero-order chi connectivity index (χ0) is 14.1. The molecular weight excluding hydrogens is 251 g/mol. The molecule has 1 aromatic heterocycles. The summed E-state index contributed by atoms with van der Waals surface area (Å²) in [6.45, 7) is 3.93. The van der Waals surface area contributed by atoms with Crippen molar-refractivity contribution in [2.24, 2.45) is 0 Å². The van der Waals surface area contributed by atoms with Crippen molar-refractivity contribution in [3.05, 3.63) is 71.8 Å². The minimum absolute atomic E-state index is 0.199. The first-order chi connectivity index (χ1) is 9.63. The van der Waals surface area contributed by atoms with Crippen LogP contribution < -0.4 is 0 Å². The summed E-state index contributed by atoms with van der Waals surface area (Å²) in [6.07, 6.45) is 3.82. The monoisotopic (exact) mass is 266 g/mol. The second-order valence-electron chi connectivity index (χ2n) is 4.97. The minimum Gasteiger partial charge on any atom is -0.241 e. The van der Waals surface area contributed by atoms with Crippen LogP contribution in [0.25, 0.3) is 16.8 Å². The van der Waals surface area contributed by atoms with E-state index in [-0.39, 0.29) is 5.82 Å². The third kappa shape index (κ3) is 2.35. The van der Waals surface area contributed by atoms with Crippen LogP contribution in [0.3, 0.4) is 0 Å². The Morgan fingerprint density at radius 2 is 1.75 bits per heavy atom. The predicted octanol–water partition coefficient (Wildman–Crippen LogP) is 4.30. The first kappa shape index (κ1) is 12.6. The molecule has 3 aromatic rings. The number of halogens is 1. The molecule has 0 aliphatic carbocycles. The topological polar surface area (TPSA) is 17.8 Å². The van der Waals surface area contributed by atoms with Crippen LogP contribution in [0.4, 0.5) is 4.39 Å². The molecule has 2 aromatic carbocycles. The molecule has 0 aliphatic heterocycles. The standard InChI is InChI=1S/C17H15FN2/c1-12-10-19-20(11-12)16-6-3-14(4-7-16)17-8-5-15(18)9-13(17)2/h3-11H,1-2H3. The molecule has 100 valence electrons. The van der Waals surface area contributed by atoms with Crippen LogP contribution in [0.5, 0.6) is 0 Å². The van der Waals surface area contributed by atoms with E-state index in [1.165, 1.54) is 6.07 Å². The van der Waals surface area contributed by atoms with Gasteiger partial charge in [0.15, 0.2) is 0 Å². The summed E-state index contributed by atoms with van der Waals surface area (Å²) in [6, 6.07) is 13.0. The van der Waals surface area contributed by atoms with Gasteiger partial charge in [0.25, 0.3) is 0 Å². The molecule has 0 saturated carbocycles. The van der Waals surface area contributed by atoms with E-state index < -0.39 is 0 Å². The Labute approximate surface area is 117 Å². The maximum Gasteiger partial charge on any atom is 0.123 e. The zero-order valence-corrected chi connectivity index (χ0v) is 11.5. The highest BCUT2D eigenvalue weighted by Gasteiger charge is 2.04. The molecule has 0 atom stereocenters. The molecule has 0 unspecified atom stereocenters. The van der Waals surface area contributed by atoms with Crippen LogP contribution in [0.2, 0.25) is 0 Å². The van der Waals surface area contributed by atoms with Crippen LogP contribution in [0.1, 0.15) is 11.1 Å². The van der Waals surface area contributed by atoms with Crippen molar-refractivity contribution in [1.82, 2.24) is 9.78 Å². The van der Waals surface area contributed by atoms with E-state index in [0.29, 0.717) is 0 Å². The van der Waals surface area contributed by atoms with E-state index in [2.05, 4.69) is 5.10 Å². The van der Waals surface area contributed by atoms with E-state index in [1.807, 2.05) is 61.3 Å². The lowest BCUT2D eigenvalue weighted by molar-refractivity contribution is 0.627. The van der Waals surface area contributed by atoms with Crippen molar-refractivity contribution >= 4 is 0 Å². The first-order valence-electron chi connectivity index (χ1n) is 6.52. The number of hydrogen-bond donors (Lipinski definition) is 0. The summed E-state index contributed by atoms with van der Waals surface area (Å²) in [5.74, 6) is -0.199. The SMILES string of the molecule is Cc1cnn(-c2ccc(-c3ccc(F)cc3C)cc2)c1. The second-order valence-corrected chi connectivity index (χ2v) is 4.97. The van der Waals surface area contributed by atoms with Gasteiger partial charge in [-0.2, -0.15) is 5.10 Å². The van der Waals surface area contributed by atoms with Gasteiger partial charge in [-0.3, -0.25) is 0 Å². The molecule has 20 heavy (non-hydrogen) atoms. The average Bonchev–Trinajstić information content (AvgIpc) is 2.86. The van der Waals surface area contributed by atoms with Crippen LogP contribution in [0.15, 0.2) is 54.9 Å². The summed E-state index contributed by atoms with van der Waals surface area (Å²) in [4.78, 5) is 0. The Morgan fingerprint density at radius 3 is 2.35 bits per heavy atom. The van der Waals surface area contributed by atoms with Crippen LogP contribution in [-0.2, 0) is 0 Å². The lowest BCUT2D eigenvalue weighted by atomic mass is 10.0. The summed E-state index contributed by atoms with van der Waals surface area (Å²) in [5, 5.41) is 4.28. The highest BCUT2D eigenvalue weighted by Crippen LogP contribution is 2.25. The molecule has 0 radical (unpaired) electrons. The van der Waals surface area contributed by atoms with Gasteiger partial charge < -0.3 is 0 Å². The van der Waals surface area contributed by atoms with Crippen molar-refractivity contribution in [2.75, 3.05) is 0 Å². The van der Waals surface area contributed by atoms with Gasteiger partial charge >= 0.3 is 0 Å². The van der Waals surface area contributed by atoms with E-state index in [0.717, 1.165) is 27.9 Å². The average molecular weight is 266 g/mol. The molecule has 3 heteroatoms. The summed E-state index contributed by atoms with van der Waals surface area (Å²) in [7, 11) is 0. The lowest BCUT2D eigenvalue weighted by Gasteiger charge is -2.07. The fraction of sp³-hybridized carbons (Fsp3) is 0.118. The summed E-state index contributed by atoms with van der Waals surface area (Å²) < 4.78 is 15.0. The Kier molecular flexibility index (Phi) is 3.11. The van der Waals surface area contributed by atoms with E-state index in [1.54, 1.807) is 6.07 Å². The quantitative estimate of drug-likeness (QED) is 0.676. The minimum atomic E-state index is -0.199. The number of aromatic nitrogens is 2. The highest BCUT2D eigenvalue weighted by molar-refractivity contribution is 5.68. The Morgan fingerprint density at radius 1 is 1.00 bits per heavy atom. The molecule has 1 heterocycles. The van der Waals surface area contributed by atoms with Gasteiger partial charge in [0.05, 0.1) is 11.9 Å². The van der Waals surface area contributed by atoms with Crippen LogP contribution in [-0.4, -0.2) is 9.78 Å². The molecule has 0 saturated heterocycles. The normalized spacial score (nSPS) is 10.8. The fourth-order valence-electron chi connectivity index (χ4n) is 2.30. The number of aryl methyl sites for hydroxylation is 2. The maximum absolute atomic E-state index is 13.1. The molecule has 2 nitrogen and oxygen atoms in total. The number of nitrogens with zero attached hydrogens (tertiary/aromatic N) is 2. The van der Waals surface area contributed by atoms with Gasteiger partial charge in [-0.1, -0.05) is 18.2 Å². The van der Waals surface area contributed by atoms with Gasteiger partial charge in [0, 0.05) is 6.20 Å². The Bertz CT molecular complexity index is 742. The molecule has 0 aliphatic rings. The number of hydrogen-bond acceptors (Lipinski definition) is 1. The summed E-state index contributed by atoms with van der Waals surface area (Å²) in [5.41, 5.74) is 5.21. The number of rotatable bonds is 2. The fourth-order valence-corrected chi connectivity index (χ4v) is 2.30. The molecule has 0 N–H and O–H groups in total. The van der Waals surface area contributed by atoms with Gasteiger partial charge in [-0.05, 0) is 60.4 Å². The van der Waals surface area contributed by atoms with E-state index in [4.69, 9.17) is 0 Å². The predicted molar refractivity (Wildman–Crippen MR) is 78.4 cm³/mol. The van der Waals surface area contributed by atoms with Crippen molar-refractivity contribution in [3.8, 4) is 16.8 Å². The number of benzene rings is 2. The third-order valence-electron chi connectivity index (χ3n) is 3.34. The van der Waals surface area contributed by atoms with E-state index in [9.17, 15) is 4.39 Å². The first-order valence-corrected chi connectivity index (χ1v) is 6.52. The van der Waals surface area contributed by atoms with E-state index >= 15 is 0 Å². The summed E-state index contributed by atoms with van der Waals surface area (Å²) >= 11 is 0. The Hall–Kier alpha value is -2.42. The maximum atomic E-state index is 13.1. The molecule has 0 amide bonds. The highest BCUT2D eigenvalue weighted by atomic mass is 19.1. The third-order valence-corrected chi connectivity index (χ3v) is 3.34. The molecule has 0 bridgehead atoms. The molecule has 0 spiro atoms. The van der Waals surface area contributed by atoms with Crippen LogP contribution >= 0.6 is 0 Å². The van der Waals surface area contributed by atoms with Crippen LogP contribution in [0, 0.1) is 19.7 Å². The van der Waals surface area contributed by atoms with Crippen molar-refractivity contribution < 1.29 is 4.39 Å². The zero-order valence-electron chi connectivity index (χ0n) is 11.5. The smallest absolute Gasteiger partial charge is 0.123 e. The molecular formula is C17H15FN2. The Balaban J connectivity index is 1.97. The van der Waals surface area contributed by atoms with Gasteiger partial charge in [0.2, 0.25) is 0 Å². The van der Waals surface area contributed by atoms with Gasteiger partial charge in [0.1, 0.15) is 5.82 Å². The van der Waals surface area contributed by atoms with Crippen molar-refractivity contribution in [3.63, 3.8) is 0 Å². The van der Waals surface area contributed by atoms with Crippen molar-refractivity contribution in [1.29, 1.82) is 0 Å². The molecule has 0 fully saturated rings. The lowest BCUT2D eigenvalue weighted by Crippen LogP contribution is -1.94. The largest absolute Gasteiger partial charge is 0.241 e. The van der Waals surface area contributed by atoms with Gasteiger partial charge in [-0.15, -0.1) is 0 Å².